The minimum atomic E-state index is -0.871. The Hall–Kier alpha value is -1.37. The number of carbonyl (C=O) groups is 2. The molecule has 3 rings (SSSR count). The number of hydrogen-bond acceptors (Lipinski definition) is 2. The zero-order chi connectivity index (χ0) is 14.3. The van der Waals surface area contributed by atoms with Crippen molar-refractivity contribution >= 4 is 40.2 Å². The lowest BCUT2D eigenvalue weighted by molar-refractivity contribution is -0.146. The standard InChI is InChI=1S/C15H14INO3/c16-10-3-5-11(6-4-10)17-14(18)12-8-1-2-9(7-8)13(12)15(19)20/h1-6,8-9,12-13H,7H2,(H,17,18)(H,19,20)/t8-,9-,12-,13+/m0/s1. The highest BCUT2D eigenvalue weighted by atomic mass is 127. The molecule has 1 fully saturated rings. The average molecular weight is 383 g/mol. The topological polar surface area (TPSA) is 66.4 Å². The maximum atomic E-state index is 12.4. The zero-order valence-electron chi connectivity index (χ0n) is 10.6. The van der Waals surface area contributed by atoms with Gasteiger partial charge in [0, 0.05) is 9.26 Å². The van der Waals surface area contributed by atoms with Crippen LogP contribution >= 0.6 is 22.6 Å². The van der Waals surface area contributed by atoms with Gasteiger partial charge in [0.2, 0.25) is 5.91 Å². The molecule has 20 heavy (non-hydrogen) atoms. The van der Waals surface area contributed by atoms with Crippen molar-refractivity contribution in [2.24, 2.45) is 23.7 Å². The Bertz CT molecular complexity index is 581. The van der Waals surface area contributed by atoms with Gasteiger partial charge in [0.25, 0.3) is 0 Å². The fraction of sp³-hybridized carbons (Fsp3) is 0.333. The lowest BCUT2D eigenvalue weighted by Gasteiger charge is -2.23. The van der Waals surface area contributed by atoms with Gasteiger partial charge in [-0.1, -0.05) is 12.2 Å². The molecule has 1 amide bonds. The second-order valence-electron chi connectivity index (χ2n) is 5.33. The van der Waals surface area contributed by atoms with Gasteiger partial charge in [-0.15, -0.1) is 0 Å². The van der Waals surface area contributed by atoms with Crippen LogP contribution in [0.2, 0.25) is 0 Å². The SMILES string of the molecule is O=C(Nc1ccc(I)cc1)[C@@H]1[C@H](C(=O)O)[C@H]2C=C[C@H]1C2. The number of amides is 1. The summed E-state index contributed by atoms with van der Waals surface area (Å²) >= 11 is 2.20. The normalized spacial score (nSPS) is 30.4. The largest absolute Gasteiger partial charge is 0.481 e. The number of halogens is 1. The Labute approximate surface area is 130 Å². The van der Waals surface area contributed by atoms with Gasteiger partial charge in [-0.05, 0) is 65.1 Å². The molecule has 2 aliphatic rings. The number of hydrogen-bond donors (Lipinski definition) is 2. The molecule has 0 aliphatic heterocycles. The summed E-state index contributed by atoms with van der Waals surface area (Å²) in [6.07, 6.45) is 4.71. The molecule has 1 aromatic carbocycles. The van der Waals surface area contributed by atoms with E-state index >= 15 is 0 Å². The van der Waals surface area contributed by atoms with Crippen molar-refractivity contribution in [1.82, 2.24) is 0 Å². The minimum Gasteiger partial charge on any atom is -0.481 e. The van der Waals surface area contributed by atoms with E-state index in [1.54, 1.807) is 0 Å². The van der Waals surface area contributed by atoms with Crippen LogP contribution in [0.4, 0.5) is 5.69 Å². The Morgan fingerprint density at radius 1 is 1.10 bits per heavy atom. The third kappa shape index (κ3) is 2.34. The van der Waals surface area contributed by atoms with Gasteiger partial charge in [0.05, 0.1) is 11.8 Å². The van der Waals surface area contributed by atoms with Crippen molar-refractivity contribution in [2.75, 3.05) is 5.32 Å². The summed E-state index contributed by atoms with van der Waals surface area (Å²) in [6, 6.07) is 7.48. The summed E-state index contributed by atoms with van der Waals surface area (Å²) in [5.41, 5.74) is 0.714. The Morgan fingerprint density at radius 2 is 1.70 bits per heavy atom. The first-order chi connectivity index (χ1) is 9.56. The molecule has 104 valence electrons. The number of fused-ring (bicyclic) bond motifs is 2. The molecule has 0 unspecified atom stereocenters. The van der Waals surface area contributed by atoms with E-state index in [0.29, 0.717) is 5.69 Å². The van der Waals surface area contributed by atoms with Gasteiger partial charge < -0.3 is 10.4 Å². The van der Waals surface area contributed by atoms with Crippen molar-refractivity contribution in [2.45, 2.75) is 6.42 Å². The van der Waals surface area contributed by atoms with E-state index < -0.39 is 17.8 Å². The summed E-state index contributed by atoms with van der Waals surface area (Å²) in [5.74, 6) is -2.04. The van der Waals surface area contributed by atoms with Crippen molar-refractivity contribution in [3.05, 3.63) is 40.0 Å². The summed E-state index contributed by atoms with van der Waals surface area (Å²) < 4.78 is 1.09. The quantitative estimate of drug-likeness (QED) is 0.623. The summed E-state index contributed by atoms with van der Waals surface area (Å²) in [4.78, 5) is 23.8. The van der Waals surface area contributed by atoms with Crippen LogP contribution in [0, 0.1) is 27.2 Å². The number of carboxylic acid groups (broad SMARTS) is 1. The molecule has 1 aromatic rings. The maximum absolute atomic E-state index is 12.4. The van der Waals surface area contributed by atoms with Crippen LogP contribution in [0.15, 0.2) is 36.4 Å². The fourth-order valence-corrected chi connectivity index (χ4v) is 3.63. The molecule has 2 N–H and O–H groups in total. The second-order valence-corrected chi connectivity index (χ2v) is 6.58. The lowest BCUT2D eigenvalue weighted by Crippen LogP contribution is -2.36. The summed E-state index contributed by atoms with van der Waals surface area (Å²) in [7, 11) is 0. The average Bonchev–Trinajstić information content (AvgIpc) is 3.01. The molecule has 0 saturated heterocycles. The van der Waals surface area contributed by atoms with Crippen molar-refractivity contribution in [1.29, 1.82) is 0 Å². The monoisotopic (exact) mass is 383 g/mol. The van der Waals surface area contributed by atoms with Crippen LogP contribution in [-0.4, -0.2) is 17.0 Å². The van der Waals surface area contributed by atoms with Crippen LogP contribution in [0.25, 0.3) is 0 Å². The Kier molecular flexibility index (Phi) is 3.54. The number of nitrogens with one attached hydrogen (secondary N) is 1. The first-order valence-electron chi connectivity index (χ1n) is 6.54. The number of carboxylic acids is 1. The number of anilines is 1. The van der Waals surface area contributed by atoms with E-state index in [0.717, 1.165) is 9.99 Å². The van der Waals surface area contributed by atoms with Gasteiger partial charge in [-0.2, -0.15) is 0 Å². The molecule has 2 aliphatic carbocycles. The number of rotatable bonds is 3. The van der Waals surface area contributed by atoms with Crippen molar-refractivity contribution < 1.29 is 14.7 Å². The minimum absolute atomic E-state index is 0.00460. The first kappa shape index (κ1) is 13.6. The molecule has 1 saturated carbocycles. The Morgan fingerprint density at radius 3 is 2.30 bits per heavy atom. The second kappa shape index (κ2) is 5.20. The van der Waals surface area contributed by atoms with Gasteiger partial charge in [0.1, 0.15) is 0 Å². The molecule has 2 bridgehead atoms. The predicted octanol–water partition coefficient (Wildman–Crippen LogP) is 2.75. The highest BCUT2D eigenvalue weighted by Gasteiger charge is 2.51. The predicted molar refractivity (Wildman–Crippen MR) is 83.1 cm³/mol. The van der Waals surface area contributed by atoms with Crippen LogP contribution < -0.4 is 5.32 Å². The molecule has 4 nitrogen and oxygen atoms in total. The van der Waals surface area contributed by atoms with Crippen LogP contribution in [0.1, 0.15) is 6.42 Å². The van der Waals surface area contributed by atoms with E-state index in [2.05, 4.69) is 27.9 Å². The number of allylic oxidation sites excluding steroid dienone is 2. The van der Waals surface area contributed by atoms with E-state index in [-0.39, 0.29) is 17.7 Å². The van der Waals surface area contributed by atoms with Crippen molar-refractivity contribution in [3.8, 4) is 0 Å². The third-order valence-corrected chi connectivity index (χ3v) is 4.88. The number of aliphatic carboxylic acids is 1. The fourth-order valence-electron chi connectivity index (χ4n) is 3.28. The Balaban J connectivity index is 1.78. The van der Waals surface area contributed by atoms with E-state index in [9.17, 15) is 14.7 Å². The highest BCUT2D eigenvalue weighted by molar-refractivity contribution is 14.1. The van der Waals surface area contributed by atoms with E-state index in [4.69, 9.17) is 0 Å². The van der Waals surface area contributed by atoms with Gasteiger partial charge >= 0.3 is 5.97 Å². The zero-order valence-corrected chi connectivity index (χ0v) is 12.8. The molecule has 4 atom stereocenters. The lowest BCUT2D eigenvalue weighted by atomic mass is 9.82. The smallest absolute Gasteiger partial charge is 0.307 e. The molecule has 0 spiro atoms. The van der Waals surface area contributed by atoms with Gasteiger partial charge in [0.15, 0.2) is 0 Å². The number of benzene rings is 1. The van der Waals surface area contributed by atoms with Crippen LogP contribution in [0.3, 0.4) is 0 Å². The molecule has 0 aromatic heterocycles. The molecule has 0 radical (unpaired) electrons. The molecular formula is C15H14INO3. The van der Waals surface area contributed by atoms with E-state index in [1.807, 2.05) is 36.4 Å². The molecular weight excluding hydrogens is 369 g/mol. The van der Waals surface area contributed by atoms with Gasteiger partial charge in [-0.25, -0.2) is 0 Å². The van der Waals surface area contributed by atoms with Crippen LogP contribution in [0.5, 0.6) is 0 Å². The summed E-state index contributed by atoms with van der Waals surface area (Å²) in [6.45, 7) is 0. The first-order valence-corrected chi connectivity index (χ1v) is 7.61. The maximum Gasteiger partial charge on any atom is 0.307 e. The van der Waals surface area contributed by atoms with Crippen LogP contribution in [-0.2, 0) is 9.59 Å². The number of carbonyl (C=O) groups excluding carboxylic acids is 1. The molecule has 5 heteroatoms. The van der Waals surface area contributed by atoms with Crippen molar-refractivity contribution in [3.63, 3.8) is 0 Å². The molecule has 0 heterocycles. The summed E-state index contributed by atoms with van der Waals surface area (Å²) in [5, 5.41) is 12.2. The highest BCUT2D eigenvalue weighted by Crippen LogP contribution is 2.48. The van der Waals surface area contributed by atoms with Gasteiger partial charge in [-0.3, -0.25) is 9.59 Å². The van der Waals surface area contributed by atoms with E-state index in [1.165, 1.54) is 0 Å². The third-order valence-electron chi connectivity index (χ3n) is 4.16.